The summed E-state index contributed by atoms with van der Waals surface area (Å²) in [5.41, 5.74) is 3.43. The van der Waals surface area contributed by atoms with Gasteiger partial charge in [0, 0.05) is 24.8 Å². The average molecular weight is 282 g/mol. The highest BCUT2D eigenvalue weighted by Crippen LogP contribution is 2.23. The van der Waals surface area contributed by atoms with E-state index in [0.29, 0.717) is 6.04 Å². The van der Waals surface area contributed by atoms with Crippen LogP contribution < -0.4 is 10.2 Å². The Bertz CT molecular complexity index is 573. The standard InChI is InChI=1S/C17H22N4/c1-3-21(16-9-4-13(2)5-10-16)17-11-8-15(19-20-17)12-18-14-6-7-14/h4-5,8-11,14,18H,3,6-7,12H2,1-2H3. The summed E-state index contributed by atoms with van der Waals surface area (Å²) in [5.74, 6) is 0.900. The summed E-state index contributed by atoms with van der Waals surface area (Å²) >= 11 is 0. The number of nitrogens with one attached hydrogen (secondary N) is 1. The quantitative estimate of drug-likeness (QED) is 0.883. The Morgan fingerprint density at radius 2 is 1.86 bits per heavy atom. The fourth-order valence-electron chi connectivity index (χ4n) is 2.33. The van der Waals surface area contributed by atoms with Crippen molar-refractivity contribution < 1.29 is 0 Å². The first-order chi connectivity index (χ1) is 10.3. The minimum Gasteiger partial charge on any atom is -0.325 e. The van der Waals surface area contributed by atoms with E-state index >= 15 is 0 Å². The molecule has 4 nitrogen and oxygen atoms in total. The molecule has 4 heteroatoms. The van der Waals surface area contributed by atoms with Crippen LogP contribution in [0.15, 0.2) is 36.4 Å². The Kier molecular flexibility index (Phi) is 4.15. The highest BCUT2D eigenvalue weighted by Gasteiger charge is 2.20. The third kappa shape index (κ3) is 3.58. The number of hydrogen-bond acceptors (Lipinski definition) is 4. The third-order valence-corrected chi connectivity index (χ3v) is 3.79. The summed E-state index contributed by atoms with van der Waals surface area (Å²) in [7, 11) is 0. The molecule has 1 fully saturated rings. The minimum atomic E-state index is 0.700. The molecule has 0 spiro atoms. The summed E-state index contributed by atoms with van der Waals surface area (Å²) in [5, 5.41) is 12.2. The van der Waals surface area contributed by atoms with Crippen LogP contribution in [0.3, 0.4) is 0 Å². The largest absolute Gasteiger partial charge is 0.325 e. The molecular formula is C17H22N4. The third-order valence-electron chi connectivity index (χ3n) is 3.79. The highest BCUT2D eigenvalue weighted by atomic mass is 15.3. The molecule has 1 aliphatic carbocycles. The number of anilines is 2. The molecule has 0 radical (unpaired) electrons. The number of aromatic nitrogens is 2. The van der Waals surface area contributed by atoms with Crippen LogP contribution in [0, 0.1) is 6.92 Å². The minimum absolute atomic E-state index is 0.700. The highest BCUT2D eigenvalue weighted by molar-refractivity contribution is 5.59. The van der Waals surface area contributed by atoms with E-state index in [4.69, 9.17) is 0 Å². The van der Waals surface area contributed by atoms with Crippen LogP contribution >= 0.6 is 0 Å². The van der Waals surface area contributed by atoms with Crippen molar-refractivity contribution in [3.05, 3.63) is 47.7 Å². The van der Waals surface area contributed by atoms with Gasteiger partial charge < -0.3 is 10.2 Å². The molecule has 1 N–H and O–H groups in total. The molecule has 21 heavy (non-hydrogen) atoms. The van der Waals surface area contributed by atoms with E-state index in [9.17, 15) is 0 Å². The number of rotatable bonds is 6. The average Bonchev–Trinajstić information content (AvgIpc) is 3.33. The monoisotopic (exact) mass is 282 g/mol. The van der Waals surface area contributed by atoms with Gasteiger partial charge >= 0.3 is 0 Å². The molecule has 0 aliphatic heterocycles. The number of hydrogen-bond donors (Lipinski definition) is 1. The van der Waals surface area contributed by atoms with Gasteiger partial charge in [-0.25, -0.2) is 0 Å². The van der Waals surface area contributed by atoms with E-state index in [-0.39, 0.29) is 0 Å². The van der Waals surface area contributed by atoms with Crippen LogP contribution in [-0.4, -0.2) is 22.8 Å². The second-order valence-electron chi connectivity index (χ2n) is 5.62. The van der Waals surface area contributed by atoms with Crippen molar-refractivity contribution in [3.63, 3.8) is 0 Å². The summed E-state index contributed by atoms with van der Waals surface area (Å²) in [6, 6.07) is 13.3. The van der Waals surface area contributed by atoms with Crippen molar-refractivity contribution in [2.24, 2.45) is 0 Å². The van der Waals surface area contributed by atoms with Crippen LogP contribution in [-0.2, 0) is 6.54 Å². The molecule has 0 saturated heterocycles. The lowest BCUT2D eigenvalue weighted by Gasteiger charge is -2.21. The maximum Gasteiger partial charge on any atom is 0.155 e. The summed E-state index contributed by atoms with van der Waals surface area (Å²) in [6.07, 6.45) is 2.59. The van der Waals surface area contributed by atoms with E-state index in [0.717, 1.165) is 30.3 Å². The van der Waals surface area contributed by atoms with Gasteiger partial charge in [-0.3, -0.25) is 0 Å². The summed E-state index contributed by atoms with van der Waals surface area (Å²) in [6.45, 7) is 5.91. The van der Waals surface area contributed by atoms with Crippen LogP contribution in [0.4, 0.5) is 11.5 Å². The number of benzene rings is 1. The molecule has 1 heterocycles. The Morgan fingerprint density at radius 1 is 1.10 bits per heavy atom. The smallest absolute Gasteiger partial charge is 0.155 e. The Hall–Kier alpha value is -1.94. The van der Waals surface area contributed by atoms with Gasteiger partial charge in [-0.1, -0.05) is 17.7 Å². The van der Waals surface area contributed by atoms with Crippen LogP contribution in [0.25, 0.3) is 0 Å². The molecular weight excluding hydrogens is 260 g/mol. The van der Waals surface area contributed by atoms with Crippen LogP contribution in [0.5, 0.6) is 0 Å². The van der Waals surface area contributed by atoms with Gasteiger partial charge in [0.2, 0.25) is 0 Å². The molecule has 110 valence electrons. The normalized spacial score (nSPS) is 14.2. The molecule has 1 aliphatic rings. The van der Waals surface area contributed by atoms with Crippen molar-refractivity contribution in [1.29, 1.82) is 0 Å². The van der Waals surface area contributed by atoms with Crippen molar-refractivity contribution in [2.75, 3.05) is 11.4 Å². The molecule has 1 aromatic heterocycles. The zero-order valence-corrected chi connectivity index (χ0v) is 12.7. The Morgan fingerprint density at radius 3 is 2.43 bits per heavy atom. The second-order valence-corrected chi connectivity index (χ2v) is 5.62. The van der Waals surface area contributed by atoms with E-state index < -0.39 is 0 Å². The van der Waals surface area contributed by atoms with E-state index in [1.807, 2.05) is 0 Å². The SMILES string of the molecule is CCN(c1ccc(C)cc1)c1ccc(CNC2CC2)nn1. The first kappa shape index (κ1) is 14.0. The van der Waals surface area contributed by atoms with Gasteiger partial charge in [0.05, 0.1) is 5.69 Å². The molecule has 1 saturated carbocycles. The second kappa shape index (κ2) is 6.22. The van der Waals surface area contributed by atoms with Crippen LogP contribution in [0.1, 0.15) is 31.0 Å². The predicted octanol–water partition coefficient (Wildman–Crippen LogP) is 3.20. The zero-order valence-electron chi connectivity index (χ0n) is 12.7. The lowest BCUT2D eigenvalue weighted by atomic mass is 10.2. The molecule has 3 rings (SSSR count). The van der Waals surface area contributed by atoms with Crippen molar-refractivity contribution >= 4 is 11.5 Å². The van der Waals surface area contributed by atoms with Crippen molar-refractivity contribution in [3.8, 4) is 0 Å². The molecule has 0 atom stereocenters. The first-order valence-corrected chi connectivity index (χ1v) is 7.66. The molecule has 1 aromatic carbocycles. The van der Waals surface area contributed by atoms with Gasteiger partial charge in [0.25, 0.3) is 0 Å². The first-order valence-electron chi connectivity index (χ1n) is 7.66. The molecule has 0 unspecified atom stereocenters. The fraction of sp³-hybridized carbons (Fsp3) is 0.412. The summed E-state index contributed by atoms with van der Waals surface area (Å²) in [4.78, 5) is 2.17. The maximum atomic E-state index is 4.38. The van der Waals surface area contributed by atoms with Gasteiger partial charge in [0.1, 0.15) is 0 Å². The van der Waals surface area contributed by atoms with E-state index in [1.165, 1.54) is 18.4 Å². The number of nitrogens with zero attached hydrogens (tertiary/aromatic N) is 3. The maximum absolute atomic E-state index is 4.38. The Balaban J connectivity index is 1.72. The number of aryl methyl sites for hydroxylation is 1. The van der Waals surface area contributed by atoms with Crippen LogP contribution in [0.2, 0.25) is 0 Å². The summed E-state index contributed by atoms with van der Waals surface area (Å²) < 4.78 is 0. The van der Waals surface area contributed by atoms with Gasteiger partial charge in [0.15, 0.2) is 5.82 Å². The van der Waals surface area contributed by atoms with Gasteiger partial charge in [-0.15, -0.1) is 5.10 Å². The van der Waals surface area contributed by atoms with Gasteiger partial charge in [-0.2, -0.15) is 5.10 Å². The lowest BCUT2D eigenvalue weighted by molar-refractivity contribution is 0.665. The lowest BCUT2D eigenvalue weighted by Crippen LogP contribution is -2.19. The van der Waals surface area contributed by atoms with E-state index in [1.54, 1.807) is 0 Å². The molecule has 0 bridgehead atoms. The topological polar surface area (TPSA) is 41.0 Å². The van der Waals surface area contributed by atoms with Crippen molar-refractivity contribution in [1.82, 2.24) is 15.5 Å². The van der Waals surface area contributed by atoms with Gasteiger partial charge in [-0.05, 0) is 51.0 Å². The molecule has 0 amide bonds. The predicted molar refractivity (Wildman–Crippen MR) is 85.8 cm³/mol. The van der Waals surface area contributed by atoms with E-state index in [2.05, 4.69) is 70.7 Å². The van der Waals surface area contributed by atoms with Crippen molar-refractivity contribution in [2.45, 2.75) is 39.3 Å². The fourth-order valence-corrected chi connectivity index (χ4v) is 2.33. The zero-order chi connectivity index (χ0) is 14.7. The Labute approximate surface area is 126 Å². The molecule has 2 aromatic rings.